The van der Waals surface area contributed by atoms with Crippen LogP contribution in [-0.2, 0) is 10.0 Å². The lowest BCUT2D eigenvalue weighted by molar-refractivity contribution is 0.102. The molecule has 1 aliphatic rings. The first-order valence-corrected chi connectivity index (χ1v) is 12.2. The molecule has 0 spiro atoms. The summed E-state index contributed by atoms with van der Waals surface area (Å²) in [5.41, 5.74) is 3.55. The van der Waals surface area contributed by atoms with Gasteiger partial charge in [0, 0.05) is 22.4 Å². The van der Waals surface area contributed by atoms with Crippen LogP contribution in [0.5, 0.6) is 0 Å². The van der Waals surface area contributed by atoms with Crippen LogP contribution < -0.4 is 10.0 Å². The summed E-state index contributed by atoms with van der Waals surface area (Å²) >= 11 is 6.06. The van der Waals surface area contributed by atoms with E-state index >= 15 is 0 Å². The molecule has 2 N–H and O–H groups in total. The van der Waals surface area contributed by atoms with E-state index in [0.717, 1.165) is 11.1 Å². The van der Waals surface area contributed by atoms with Crippen molar-refractivity contribution in [3.63, 3.8) is 0 Å². The molecule has 0 heterocycles. The van der Waals surface area contributed by atoms with E-state index in [9.17, 15) is 18.0 Å². The number of hydrogen-bond acceptors (Lipinski definition) is 4. The predicted octanol–water partition coefficient (Wildman–Crippen LogP) is 5.60. The number of amides is 1. The fourth-order valence-corrected chi connectivity index (χ4v) is 5.23. The summed E-state index contributed by atoms with van der Waals surface area (Å²) in [7, 11) is -3.94. The number of anilines is 2. The van der Waals surface area contributed by atoms with Crippen LogP contribution in [0.15, 0.2) is 95.9 Å². The first-order chi connectivity index (χ1) is 16.3. The largest absolute Gasteiger partial charge is 0.322 e. The lowest BCUT2D eigenvalue weighted by atomic mass is 10.0. The minimum Gasteiger partial charge on any atom is -0.322 e. The van der Waals surface area contributed by atoms with Crippen molar-refractivity contribution in [1.29, 1.82) is 0 Å². The molecular formula is C26H17ClN2O4S. The Morgan fingerprint density at radius 3 is 2.24 bits per heavy atom. The molecule has 1 amide bonds. The number of nitrogens with one attached hydrogen (secondary N) is 2. The van der Waals surface area contributed by atoms with Crippen molar-refractivity contribution in [2.75, 3.05) is 10.0 Å². The SMILES string of the molecule is O=C(Nc1cccc(S(=O)(=O)Nc2ccccc2Cl)c1)c1ccc2c(c1)C(=O)c1ccccc1-2. The third kappa shape index (κ3) is 3.96. The molecule has 4 aromatic carbocycles. The van der Waals surface area contributed by atoms with Gasteiger partial charge in [-0.2, -0.15) is 0 Å². The number of ketones is 1. The third-order valence-electron chi connectivity index (χ3n) is 5.51. The van der Waals surface area contributed by atoms with Gasteiger partial charge < -0.3 is 5.32 Å². The van der Waals surface area contributed by atoms with Gasteiger partial charge >= 0.3 is 0 Å². The number of carbonyl (C=O) groups is 2. The molecule has 0 bridgehead atoms. The molecule has 6 nitrogen and oxygen atoms in total. The summed E-state index contributed by atoms with van der Waals surface area (Å²) in [5.74, 6) is -0.584. The number of hydrogen-bond donors (Lipinski definition) is 2. The number of rotatable bonds is 5. The Hall–Kier alpha value is -3.94. The Labute approximate surface area is 201 Å². The van der Waals surface area contributed by atoms with Crippen LogP contribution in [0.25, 0.3) is 11.1 Å². The highest BCUT2D eigenvalue weighted by Gasteiger charge is 2.27. The quantitative estimate of drug-likeness (QED) is 0.336. The molecule has 168 valence electrons. The Kier molecular flexibility index (Phi) is 5.43. The highest BCUT2D eigenvalue weighted by atomic mass is 35.5. The first kappa shape index (κ1) is 21.9. The van der Waals surface area contributed by atoms with Crippen LogP contribution in [0.4, 0.5) is 11.4 Å². The lowest BCUT2D eigenvalue weighted by Gasteiger charge is -2.11. The molecule has 0 saturated carbocycles. The summed E-state index contributed by atoms with van der Waals surface area (Å²) in [6.45, 7) is 0. The first-order valence-electron chi connectivity index (χ1n) is 10.3. The van der Waals surface area contributed by atoms with Crippen LogP contribution in [-0.4, -0.2) is 20.1 Å². The van der Waals surface area contributed by atoms with Crippen molar-refractivity contribution in [2.24, 2.45) is 0 Å². The molecule has 0 aromatic heterocycles. The molecule has 5 rings (SSSR count). The zero-order valence-corrected chi connectivity index (χ0v) is 19.2. The number of fused-ring (bicyclic) bond motifs is 3. The van der Waals surface area contributed by atoms with Gasteiger partial charge in [0.05, 0.1) is 15.6 Å². The second-order valence-corrected chi connectivity index (χ2v) is 9.79. The fourth-order valence-electron chi connectivity index (χ4n) is 3.86. The van der Waals surface area contributed by atoms with Crippen molar-refractivity contribution < 1.29 is 18.0 Å². The highest BCUT2D eigenvalue weighted by Crippen LogP contribution is 2.36. The van der Waals surface area contributed by atoms with E-state index in [4.69, 9.17) is 11.6 Å². The number of benzene rings is 4. The second-order valence-electron chi connectivity index (χ2n) is 7.70. The van der Waals surface area contributed by atoms with Crippen molar-refractivity contribution in [1.82, 2.24) is 0 Å². The van der Waals surface area contributed by atoms with Gasteiger partial charge in [-0.1, -0.05) is 60.1 Å². The van der Waals surface area contributed by atoms with E-state index in [2.05, 4.69) is 10.0 Å². The minimum absolute atomic E-state index is 0.0372. The van der Waals surface area contributed by atoms with E-state index in [-0.39, 0.29) is 21.4 Å². The Morgan fingerprint density at radius 2 is 1.44 bits per heavy atom. The Morgan fingerprint density at radius 1 is 0.735 bits per heavy atom. The predicted molar refractivity (Wildman–Crippen MR) is 132 cm³/mol. The van der Waals surface area contributed by atoms with Crippen molar-refractivity contribution in [2.45, 2.75) is 4.90 Å². The molecule has 0 atom stereocenters. The van der Waals surface area contributed by atoms with Crippen LogP contribution in [0.1, 0.15) is 26.3 Å². The lowest BCUT2D eigenvalue weighted by Crippen LogP contribution is -2.15. The average molecular weight is 489 g/mol. The zero-order valence-electron chi connectivity index (χ0n) is 17.6. The van der Waals surface area contributed by atoms with Gasteiger partial charge in [0.15, 0.2) is 5.78 Å². The summed E-state index contributed by atoms with van der Waals surface area (Å²) in [4.78, 5) is 25.6. The molecule has 0 unspecified atom stereocenters. The van der Waals surface area contributed by atoms with E-state index < -0.39 is 15.9 Å². The van der Waals surface area contributed by atoms with E-state index in [1.807, 2.05) is 12.1 Å². The molecule has 0 fully saturated rings. The van der Waals surface area contributed by atoms with E-state index in [0.29, 0.717) is 22.4 Å². The summed E-state index contributed by atoms with van der Waals surface area (Å²) in [6, 6.07) is 24.6. The fraction of sp³-hybridized carbons (Fsp3) is 0. The second kappa shape index (κ2) is 8.44. The third-order valence-corrected chi connectivity index (χ3v) is 7.20. The summed E-state index contributed by atoms with van der Waals surface area (Å²) < 4.78 is 28.1. The topological polar surface area (TPSA) is 92.3 Å². The highest BCUT2D eigenvalue weighted by molar-refractivity contribution is 7.92. The zero-order chi connectivity index (χ0) is 23.9. The van der Waals surface area contributed by atoms with Crippen LogP contribution >= 0.6 is 11.6 Å². The Balaban J connectivity index is 1.38. The van der Waals surface area contributed by atoms with Crippen molar-refractivity contribution >= 4 is 44.7 Å². The smallest absolute Gasteiger partial charge is 0.262 e. The molecule has 34 heavy (non-hydrogen) atoms. The van der Waals surface area contributed by atoms with Gasteiger partial charge in [-0.05, 0) is 53.6 Å². The van der Waals surface area contributed by atoms with Crippen LogP contribution in [0, 0.1) is 0 Å². The summed E-state index contributed by atoms with van der Waals surface area (Å²) in [6.07, 6.45) is 0. The molecule has 0 aliphatic heterocycles. The molecular weight excluding hydrogens is 472 g/mol. The van der Waals surface area contributed by atoms with Gasteiger partial charge in [0.2, 0.25) is 0 Å². The molecule has 8 heteroatoms. The minimum atomic E-state index is -3.94. The van der Waals surface area contributed by atoms with Crippen LogP contribution in [0.2, 0.25) is 5.02 Å². The number of halogens is 1. The average Bonchev–Trinajstić information content (AvgIpc) is 3.12. The van der Waals surface area contributed by atoms with Gasteiger partial charge in [0.25, 0.3) is 15.9 Å². The normalized spacial score (nSPS) is 12.1. The maximum absolute atomic E-state index is 12.9. The van der Waals surface area contributed by atoms with Gasteiger partial charge in [0.1, 0.15) is 0 Å². The standard InChI is InChI=1S/C26H17ClN2O4S/c27-23-10-3-4-11-24(23)29-34(32,33)18-7-5-6-17(15-18)28-26(31)16-12-13-20-19-8-1-2-9-21(19)25(30)22(20)14-16/h1-15,29H,(H,28,31). The van der Waals surface area contributed by atoms with Crippen molar-refractivity contribution in [3.8, 4) is 11.1 Å². The van der Waals surface area contributed by atoms with E-state index in [1.54, 1.807) is 60.7 Å². The summed E-state index contributed by atoms with van der Waals surface area (Å²) in [5, 5.41) is 2.97. The van der Waals surface area contributed by atoms with Gasteiger partial charge in [-0.25, -0.2) is 8.42 Å². The maximum Gasteiger partial charge on any atom is 0.262 e. The number of carbonyl (C=O) groups excluding carboxylic acids is 2. The van der Waals surface area contributed by atoms with Crippen molar-refractivity contribution in [3.05, 3.63) is 113 Å². The van der Waals surface area contributed by atoms with Gasteiger partial charge in [-0.15, -0.1) is 0 Å². The molecule has 0 radical (unpaired) electrons. The molecule has 4 aromatic rings. The maximum atomic E-state index is 12.9. The number of sulfonamides is 1. The van der Waals surface area contributed by atoms with Crippen LogP contribution in [0.3, 0.4) is 0 Å². The Bertz CT molecular complexity index is 1580. The number of para-hydroxylation sites is 1. The molecule has 1 aliphatic carbocycles. The monoisotopic (exact) mass is 488 g/mol. The van der Waals surface area contributed by atoms with Gasteiger partial charge in [-0.3, -0.25) is 14.3 Å². The van der Waals surface area contributed by atoms with E-state index in [1.165, 1.54) is 18.2 Å². The molecule has 0 saturated heterocycles.